The normalized spacial score (nSPS) is 11.3. The number of halogens is 2. The molecule has 1 N–H and O–H groups in total. The number of hydrazone groups is 1. The average Bonchev–Trinajstić information content (AvgIpc) is 2.84. The fourth-order valence-corrected chi connectivity index (χ4v) is 4.81. The fourth-order valence-electron chi connectivity index (χ4n) is 3.07. The quantitative estimate of drug-likeness (QED) is 0.222. The molecule has 3 rings (SSSR count). The number of anilines is 1. The molecule has 0 spiro atoms. The fraction of sp³-hybridized carbons (Fsp3) is 0.130. The molecule has 0 aliphatic rings. The Morgan fingerprint density at radius 3 is 2.50 bits per heavy atom. The molecule has 188 valence electrons. The van der Waals surface area contributed by atoms with E-state index >= 15 is 0 Å². The molecule has 36 heavy (non-hydrogen) atoms. The van der Waals surface area contributed by atoms with Crippen molar-refractivity contribution in [3.05, 3.63) is 92.5 Å². The molecule has 3 aromatic carbocycles. The van der Waals surface area contributed by atoms with Crippen LogP contribution in [0.15, 0.2) is 76.7 Å². The minimum atomic E-state index is -4.21. The Kier molecular flexibility index (Phi) is 8.86. The molecule has 0 heterocycles. The second-order valence-corrected chi connectivity index (χ2v) is 9.83. The summed E-state index contributed by atoms with van der Waals surface area (Å²) in [6.07, 6.45) is 1.17. The van der Waals surface area contributed by atoms with Crippen LogP contribution in [0.25, 0.3) is 0 Å². The van der Waals surface area contributed by atoms with E-state index < -0.39 is 27.4 Å². The van der Waals surface area contributed by atoms with E-state index in [1.165, 1.54) is 54.7 Å². The molecule has 3 aromatic rings. The van der Waals surface area contributed by atoms with Crippen LogP contribution >= 0.6 is 23.2 Å². The number of benzene rings is 3. The van der Waals surface area contributed by atoms with Crippen molar-refractivity contribution in [3.8, 4) is 5.75 Å². The number of nitrogens with zero attached hydrogens (tertiary/aromatic N) is 3. The van der Waals surface area contributed by atoms with Gasteiger partial charge in [-0.25, -0.2) is 13.8 Å². The Bertz CT molecular complexity index is 1400. The van der Waals surface area contributed by atoms with Crippen molar-refractivity contribution in [1.29, 1.82) is 0 Å². The first-order valence-corrected chi connectivity index (χ1v) is 12.6. The van der Waals surface area contributed by atoms with Crippen molar-refractivity contribution in [2.45, 2.75) is 11.8 Å². The number of amides is 1. The maximum Gasteiger partial charge on any atom is 0.288 e. The van der Waals surface area contributed by atoms with Gasteiger partial charge in [-0.15, -0.1) is 0 Å². The molecule has 0 bridgehead atoms. The topological polar surface area (TPSA) is 131 Å². The van der Waals surface area contributed by atoms with Crippen molar-refractivity contribution < 1.29 is 22.9 Å². The van der Waals surface area contributed by atoms with Crippen LogP contribution in [0.3, 0.4) is 0 Å². The number of nitrogens with one attached hydrogen (secondary N) is 1. The Labute approximate surface area is 217 Å². The molecule has 0 atom stereocenters. The van der Waals surface area contributed by atoms with Gasteiger partial charge in [-0.2, -0.15) is 5.10 Å². The van der Waals surface area contributed by atoms with E-state index in [4.69, 9.17) is 27.9 Å². The van der Waals surface area contributed by atoms with Gasteiger partial charge in [0.1, 0.15) is 17.3 Å². The molecule has 0 aromatic heterocycles. The molecule has 0 aliphatic carbocycles. The number of hydrogen-bond donors (Lipinski definition) is 1. The Balaban J connectivity index is 1.89. The van der Waals surface area contributed by atoms with Gasteiger partial charge in [0.25, 0.3) is 21.6 Å². The molecule has 0 radical (unpaired) electrons. The molecule has 13 heteroatoms. The molecule has 10 nitrogen and oxygen atoms in total. The predicted octanol–water partition coefficient (Wildman–Crippen LogP) is 4.65. The van der Waals surface area contributed by atoms with Crippen LogP contribution in [-0.2, 0) is 14.8 Å². The van der Waals surface area contributed by atoms with Gasteiger partial charge < -0.3 is 4.74 Å². The third-order valence-electron chi connectivity index (χ3n) is 4.69. The van der Waals surface area contributed by atoms with Gasteiger partial charge in [0.2, 0.25) is 0 Å². The highest BCUT2D eigenvalue weighted by Gasteiger charge is 2.29. The largest absolute Gasteiger partial charge is 0.492 e. The summed E-state index contributed by atoms with van der Waals surface area (Å²) in [6.45, 7) is 1.39. The van der Waals surface area contributed by atoms with Crippen LogP contribution in [-0.4, -0.2) is 38.6 Å². The third-order valence-corrected chi connectivity index (χ3v) is 7.04. The summed E-state index contributed by atoms with van der Waals surface area (Å²) in [5.74, 6) is -0.499. The summed E-state index contributed by atoms with van der Waals surface area (Å²) in [5.41, 5.74) is 2.38. The van der Waals surface area contributed by atoms with Gasteiger partial charge in [0.05, 0.1) is 28.3 Å². The second kappa shape index (κ2) is 11.8. The van der Waals surface area contributed by atoms with Gasteiger partial charge in [0.15, 0.2) is 0 Å². The van der Waals surface area contributed by atoms with Crippen LogP contribution in [0, 0.1) is 10.1 Å². The first-order chi connectivity index (χ1) is 17.1. The number of para-hydroxylation sites is 2. The number of nitro benzene ring substituents is 1. The van der Waals surface area contributed by atoms with E-state index in [9.17, 15) is 23.3 Å². The first-order valence-electron chi connectivity index (χ1n) is 10.4. The Hall–Kier alpha value is -3.67. The number of rotatable bonds is 10. The number of carbonyl (C=O) groups excluding carboxylic acids is 1. The molecule has 0 fully saturated rings. The Morgan fingerprint density at radius 1 is 1.14 bits per heavy atom. The highest BCUT2D eigenvalue weighted by Crippen LogP contribution is 2.32. The second-order valence-electron chi connectivity index (χ2n) is 7.13. The third kappa shape index (κ3) is 6.51. The maximum atomic E-state index is 13.5. The lowest BCUT2D eigenvalue weighted by Gasteiger charge is -2.25. The van der Waals surface area contributed by atoms with Crippen LogP contribution in [0.1, 0.15) is 12.5 Å². The molecular formula is C23H20Cl2N4O6S. The smallest absolute Gasteiger partial charge is 0.288 e. The van der Waals surface area contributed by atoms with Crippen molar-refractivity contribution in [2.24, 2.45) is 5.10 Å². The van der Waals surface area contributed by atoms with Crippen LogP contribution in [0.2, 0.25) is 10.0 Å². The van der Waals surface area contributed by atoms with Gasteiger partial charge in [0, 0.05) is 16.7 Å². The SMILES string of the molecule is CCOc1ccccc1N(CC(=O)N/N=C\c1ccc(Cl)c([N+](=O)[O-])c1)S(=O)(=O)c1ccc(Cl)cc1. The van der Waals surface area contributed by atoms with Crippen LogP contribution in [0.5, 0.6) is 5.75 Å². The van der Waals surface area contributed by atoms with Crippen LogP contribution in [0.4, 0.5) is 11.4 Å². The average molecular weight is 551 g/mol. The predicted molar refractivity (Wildman–Crippen MR) is 137 cm³/mol. The van der Waals surface area contributed by atoms with E-state index in [1.807, 2.05) is 0 Å². The number of carbonyl (C=O) groups is 1. The zero-order valence-electron chi connectivity index (χ0n) is 18.8. The minimum Gasteiger partial charge on any atom is -0.492 e. The van der Waals surface area contributed by atoms with E-state index in [-0.39, 0.29) is 33.6 Å². The summed E-state index contributed by atoms with van der Waals surface area (Å²) in [6, 6.07) is 15.9. The number of hydrogen-bond acceptors (Lipinski definition) is 7. The molecule has 0 saturated heterocycles. The lowest BCUT2D eigenvalue weighted by atomic mass is 10.2. The van der Waals surface area contributed by atoms with Gasteiger partial charge >= 0.3 is 0 Å². The number of nitro groups is 1. The van der Waals surface area contributed by atoms with Crippen molar-refractivity contribution in [3.63, 3.8) is 0 Å². The minimum absolute atomic E-state index is 0.0443. The zero-order valence-corrected chi connectivity index (χ0v) is 21.1. The summed E-state index contributed by atoms with van der Waals surface area (Å²) >= 11 is 11.7. The number of sulfonamides is 1. The maximum absolute atomic E-state index is 13.5. The molecule has 0 saturated carbocycles. The molecular weight excluding hydrogens is 531 g/mol. The Morgan fingerprint density at radius 2 is 1.83 bits per heavy atom. The number of ether oxygens (including phenoxy) is 1. The van der Waals surface area contributed by atoms with E-state index in [0.717, 1.165) is 4.31 Å². The van der Waals surface area contributed by atoms with Gasteiger partial charge in [-0.3, -0.25) is 19.2 Å². The lowest BCUT2D eigenvalue weighted by molar-refractivity contribution is -0.384. The highest BCUT2D eigenvalue weighted by atomic mass is 35.5. The van der Waals surface area contributed by atoms with Crippen molar-refractivity contribution >= 4 is 56.7 Å². The summed E-state index contributed by atoms with van der Waals surface area (Å²) in [5, 5.41) is 15.1. The molecule has 0 aliphatic heterocycles. The standard InChI is InChI=1S/C23H20Cl2N4O6S/c1-2-35-22-6-4-3-5-20(22)28(36(33,34)18-10-8-17(24)9-11-18)15-23(30)27-26-14-16-7-12-19(25)21(13-16)29(31)32/h3-14H,2,15H2,1H3,(H,27,30)/b26-14-. The molecule has 1 amide bonds. The monoisotopic (exact) mass is 550 g/mol. The zero-order chi connectivity index (χ0) is 26.3. The van der Waals surface area contributed by atoms with Crippen molar-refractivity contribution in [1.82, 2.24) is 5.43 Å². The van der Waals surface area contributed by atoms with E-state index in [2.05, 4.69) is 10.5 Å². The molecule has 0 unspecified atom stereocenters. The highest BCUT2D eigenvalue weighted by molar-refractivity contribution is 7.92. The summed E-state index contributed by atoms with van der Waals surface area (Å²) < 4.78 is 33.5. The van der Waals surface area contributed by atoms with Crippen LogP contribution < -0.4 is 14.5 Å². The van der Waals surface area contributed by atoms with Gasteiger partial charge in [-0.05, 0) is 49.4 Å². The van der Waals surface area contributed by atoms with E-state index in [0.29, 0.717) is 10.6 Å². The summed E-state index contributed by atoms with van der Waals surface area (Å²) in [7, 11) is -4.21. The van der Waals surface area contributed by atoms with Crippen molar-refractivity contribution in [2.75, 3.05) is 17.5 Å². The summed E-state index contributed by atoms with van der Waals surface area (Å²) in [4.78, 5) is 23.0. The van der Waals surface area contributed by atoms with E-state index in [1.54, 1.807) is 25.1 Å². The lowest BCUT2D eigenvalue weighted by Crippen LogP contribution is -2.39. The first kappa shape index (κ1) is 26.9. The van der Waals surface area contributed by atoms with Gasteiger partial charge in [-0.1, -0.05) is 41.4 Å².